The average molecular weight is 348 g/mol. The molecule has 0 saturated carbocycles. The highest BCUT2D eigenvalue weighted by molar-refractivity contribution is 5.86. The number of hydrogen-bond donors (Lipinski definition) is 3. The van der Waals surface area contributed by atoms with Gasteiger partial charge in [0, 0.05) is 29.8 Å². The lowest BCUT2D eigenvalue weighted by Gasteiger charge is -2.16. The van der Waals surface area contributed by atoms with Gasteiger partial charge in [0.05, 0.1) is 0 Å². The van der Waals surface area contributed by atoms with Gasteiger partial charge in [-0.05, 0) is 12.5 Å². The third-order valence-corrected chi connectivity index (χ3v) is 3.97. The predicted molar refractivity (Wildman–Crippen MR) is 99.9 cm³/mol. The van der Waals surface area contributed by atoms with Crippen LogP contribution < -0.4 is 11.1 Å². The molecule has 1 aromatic heterocycles. The molecule has 1 heterocycles. The van der Waals surface area contributed by atoms with Gasteiger partial charge in [-0.2, -0.15) is 0 Å². The van der Waals surface area contributed by atoms with Crippen molar-refractivity contribution in [2.24, 2.45) is 5.73 Å². The number of carbonyl (C=O) groups is 2. The Balaban J connectivity index is 2.72. The number of H-pyrrole nitrogens is 1. The first-order valence-electron chi connectivity index (χ1n) is 9.06. The van der Waals surface area contributed by atoms with Gasteiger partial charge in [-0.3, -0.25) is 9.59 Å². The molecule has 4 N–H and O–H groups in total. The molecule has 0 radical (unpaired) electrons. The standard InChI is InChI=1S/C19H32N4O2/c1-5-6-7-8-9-10-17(25)22-14(11-12-16(20)24)18-21-13-15(23-18)19(2,3)4/h11-14H,5-10H2,1-4H3,(H2,20,24)(H,21,23)(H,22,25)/b12-11+. The van der Waals surface area contributed by atoms with Gasteiger partial charge in [-0.25, -0.2) is 4.98 Å². The molecule has 6 nitrogen and oxygen atoms in total. The summed E-state index contributed by atoms with van der Waals surface area (Å²) in [4.78, 5) is 30.9. The summed E-state index contributed by atoms with van der Waals surface area (Å²) in [6.07, 6.45) is 10.5. The molecule has 0 spiro atoms. The fourth-order valence-corrected chi connectivity index (χ4v) is 2.41. The van der Waals surface area contributed by atoms with Gasteiger partial charge in [0.15, 0.2) is 0 Å². The monoisotopic (exact) mass is 348 g/mol. The summed E-state index contributed by atoms with van der Waals surface area (Å²) in [6.45, 7) is 8.39. The average Bonchev–Trinajstić information content (AvgIpc) is 3.01. The van der Waals surface area contributed by atoms with Crippen molar-refractivity contribution in [1.82, 2.24) is 15.3 Å². The first-order chi connectivity index (χ1) is 11.7. The maximum atomic E-state index is 12.2. The van der Waals surface area contributed by atoms with E-state index in [9.17, 15) is 9.59 Å². The van der Waals surface area contributed by atoms with Crippen LogP contribution in [0.15, 0.2) is 18.3 Å². The Morgan fingerprint density at radius 1 is 1.28 bits per heavy atom. The number of nitrogens with two attached hydrogens (primary N) is 1. The third-order valence-electron chi connectivity index (χ3n) is 3.97. The molecule has 1 atom stereocenters. The summed E-state index contributed by atoms with van der Waals surface area (Å²) in [5.74, 6) is -0.00694. The van der Waals surface area contributed by atoms with E-state index in [0.717, 1.165) is 25.0 Å². The number of unbranched alkanes of at least 4 members (excludes halogenated alkanes) is 4. The molecule has 0 aliphatic carbocycles. The van der Waals surface area contributed by atoms with Crippen LogP contribution >= 0.6 is 0 Å². The largest absolute Gasteiger partial charge is 0.366 e. The molecule has 0 aliphatic heterocycles. The van der Waals surface area contributed by atoms with Crippen molar-refractivity contribution in [3.05, 3.63) is 29.9 Å². The predicted octanol–water partition coefficient (Wildman–Crippen LogP) is 3.27. The Labute approximate surface area is 150 Å². The Kier molecular flexibility index (Phi) is 8.38. The molecule has 140 valence electrons. The normalized spacial score (nSPS) is 13.1. The van der Waals surface area contributed by atoms with Crippen LogP contribution in [-0.2, 0) is 15.0 Å². The minimum absolute atomic E-state index is 0.0515. The molecule has 0 fully saturated rings. The second-order valence-electron chi connectivity index (χ2n) is 7.40. The zero-order valence-electron chi connectivity index (χ0n) is 15.9. The number of nitrogens with one attached hydrogen (secondary N) is 2. The van der Waals surface area contributed by atoms with Crippen LogP contribution in [0.5, 0.6) is 0 Å². The van der Waals surface area contributed by atoms with Crippen LogP contribution in [-0.4, -0.2) is 21.8 Å². The van der Waals surface area contributed by atoms with Crippen LogP contribution in [0.25, 0.3) is 0 Å². The van der Waals surface area contributed by atoms with E-state index in [0.29, 0.717) is 12.2 Å². The Morgan fingerprint density at radius 3 is 2.52 bits per heavy atom. The zero-order chi connectivity index (χ0) is 18.9. The van der Waals surface area contributed by atoms with Gasteiger partial charge in [0.2, 0.25) is 11.8 Å². The molecular formula is C19H32N4O2. The first-order valence-corrected chi connectivity index (χ1v) is 9.06. The molecule has 2 amide bonds. The van der Waals surface area contributed by atoms with Crippen molar-refractivity contribution in [3.63, 3.8) is 0 Å². The molecule has 25 heavy (non-hydrogen) atoms. The van der Waals surface area contributed by atoms with Gasteiger partial charge >= 0.3 is 0 Å². The van der Waals surface area contributed by atoms with E-state index in [1.54, 1.807) is 12.3 Å². The molecule has 0 saturated heterocycles. The van der Waals surface area contributed by atoms with Crippen molar-refractivity contribution in [2.45, 2.75) is 77.7 Å². The zero-order valence-corrected chi connectivity index (χ0v) is 15.9. The summed E-state index contributed by atoms with van der Waals surface area (Å²) in [5, 5.41) is 2.92. The molecule has 1 rings (SSSR count). The number of amides is 2. The molecule has 1 aromatic rings. The number of aromatic amines is 1. The number of primary amides is 1. The van der Waals surface area contributed by atoms with E-state index in [2.05, 4.69) is 43.0 Å². The lowest BCUT2D eigenvalue weighted by atomic mass is 9.93. The highest BCUT2D eigenvalue weighted by atomic mass is 16.2. The van der Waals surface area contributed by atoms with Gasteiger partial charge in [-0.1, -0.05) is 53.4 Å². The first kappa shape index (κ1) is 20.9. The number of nitrogens with zero attached hydrogens (tertiary/aromatic N) is 1. The van der Waals surface area contributed by atoms with Gasteiger partial charge in [0.25, 0.3) is 0 Å². The summed E-state index contributed by atoms with van der Waals surface area (Å²) in [5.41, 5.74) is 6.07. The van der Waals surface area contributed by atoms with Gasteiger partial charge in [0.1, 0.15) is 11.9 Å². The summed E-state index contributed by atoms with van der Waals surface area (Å²) < 4.78 is 0. The number of aromatic nitrogens is 2. The molecule has 1 unspecified atom stereocenters. The van der Waals surface area contributed by atoms with Crippen molar-refractivity contribution in [3.8, 4) is 0 Å². The second-order valence-corrected chi connectivity index (χ2v) is 7.40. The Morgan fingerprint density at radius 2 is 1.96 bits per heavy atom. The van der Waals surface area contributed by atoms with Gasteiger partial charge < -0.3 is 16.0 Å². The van der Waals surface area contributed by atoms with Gasteiger partial charge in [-0.15, -0.1) is 0 Å². The Hall–Kier alpha value is -2.11. The molecule has 0 aliphatic rings. The maximum Gasteiger partial charge on any atom is 0.241 e. The fourth-order valence-electron chi connectivity index (χ4n) is 2.41. The smallest absolute Gasteiger partial charge is 0.241 e. The van der Waals surface area contributed by atoms with E-state index in [-0.39, 0.29) is 11.3 Å². The molecule has 6 heteroatoms. The van der Waals surface area contributed by atoms with Crippen LogP contribution in [0, 0.1) is 0 Å². The van der Waals surface area contributed by atoms with E-state index in [1.807, 2.05) is 0 Å². The minimum atomic E-state index is -0.554. The number of hydrogen-bond acceptors (Lipinski definition) is 3. The lowest BCUT2D eigenvalue weighted by molar-refractivity contribution is -0.121. The molecule has 0 aromatic carbocycles. The highest BCUT2D eigenvalue weighted by Gasteiger charge is 2.20. The summed E-state index contributed by atoms with van der Waals surface area (Å²) in [7, 11) is 0. The number of imidazole rings is 1. The number of carbonyl (C=O) groups excluding carboxylic acids is 2. The van der Waals surface area contributed by atoms with Crippen molar-refractivity contribution < 1.29 is 9.59 Å². The maximum absolute atomic E-state index is 12.2. The lowest BCUT2D eigenvalue weighted by Crippen LogP contribution is -2.28. The third kappa shape index (κ3) is 8.01. The Bertz CT molecular complexity index is 584. The van der Waals surface area contributed by atoms with Crippen molar-refractivity contribution in [1.29, 1.82) is 0 Å². The van der Waals surface area contributed by atoms with E-state index >= 15 is 0 Å². The summed E-state index contributed by atoms with van der Waals surface area (Å²) in [6, 6.07) is -0.494. The molecule has 0 bridgehead atoms. The van der Waals surface area contributed by atoms with E-state index < -0.39 is 11.9 Å². The second kappa shape index (κ2) is 10.0. The van der Waals surface area contributed by atoms with Crippen LogP contribution in [0.4, 0.5) is 0 Å². The fraction of sp³-hybridized carbons (Fsp3) is 0.632. The minimum Gasteiger partial charge on any atom is -0.366 e. The van der Waals surface area contributed by atoms with Crippen molar-refractivity contribution >= 4 is 11.8 Å². The van der Waals surface area contributed by atoms with Crippen LogP contribution in [0.3, 0.4) is 0 Å². The van der Waals surface area contributed by atoms with E-state index in [4.69, 9.17) is 5.73 Å². The van der Waals surface area contributed by atoms with Crippen LogP contribution in [0.2, 0.25) is 0 Å². The summed E-state index contributed by atoms with van der Waals surface area (Å²) >= 11 is 0. The highest BCUT2D eigenvalue weighted by Crippen LogP contribution is 2.22. The van der Waals surface area contributed by atoms with Crippen molar-refractivity contribution in [2.75, 3.05) is 0 Å². The number of rotatable bonds is 10. The SMILES string of the molecule is CCCCCCCC(=O)NC(/C=C/C(N)=O)c1ncc(C(C)(C)C)[nH]1. The quantitative estimate of drug-likeness (QED) is 0.447. The topological polar surface area (TPSA) is 101 Å². The van der Waals surface area contributed by atoms with E-state index in [1.165, 1.54) is 18.9 Å². The molecular weight excluding hydrogens is 316 g/mol. The van der Waals surface area contributed by atoms with Crippen LogP contribution in [0.1, 0.15) is 83.8 Å².